The van der Waals surface area contributed by atoms with Gasteiger partial charge in [0.05, 0.1) is 5.70 Å². The minimum Gasteiger partial charge on any atom is -0.398 e. The van der Waals surface area contributed by atoms with Gasteiger partial charge in [-0.05, 0) is 54.8 Å². The summed E-state index contributed by atoms with van der Waals surface area (Å²) < 4.78 is 41.0. The molecule has 0 radical (unpaired) electrons. The first kappa shape index (κ1) is 31.8. The van der Waals surface area contributed by atoms with E-state index in [-0.39, 0.29) is 28.6 Å². The maximum atomic E-state index is 14.2. The molecule has 9 nitrogen and oxygen atoms in total. The molecule has 2 aromatic heterocycles. The van der Waals surface area contributed by atoms with Crippen LogP contribution in [0, 0.1) is 17.1 Å². The van der Waals surface area contributed by atoms with Crippen molar-refractivity contribution in [2.45, 2.75) is 53.4 Å². The van der Waals surface area contributed by atoms with Gasteiger partial charge in [-0.15, -0.1) is 0 Å². The highest BCUT2D eigenvalue weighted by Gasteiger charge is 2.31. The van der Waals surface area contributed by atoms with Crippen molar-refractivity contribution in [3.8, 4) is 0 Å². The molecule has 1 aliphatic rings. The van der Waals surface area contributed by atoms with Crippen LogP contribution in [0.3, 0.4) is 0 Å². The van der Waals surface area contributed by atoms with Crippen molar-refractivity contribution < 1.29 is 18.0 Å². The number of hydrogen-bond donors (Lipinski definition) is 5. The highest BCUT2D eigenvalue weighted by atomic mass is 19.3. The van der Waals surface area contributed by atoms with Gasteiger partial charge in [-0.1, -0.05) is 34.1 Å². The van der Waals surface area contributed by atoms with E-state index in [1.165, 1.54) is 31.7 Å². The number of nitrogens with zero attached hydrogens (tertiary/aromatic N) is 3. The Morgan fingerprint density at radius 2 is 1.90 bits per heavy atom. The van der Waals surface area contributed by atoms with Crippen LogP contribution in [0.15, 0.2) is 59.0 Å². The number of rotatable bonds is 8. The molecule has 7 N–H and O–H groups in total. The van der Waals surface area contributed by atoms with Crippen LogP contribution in [-0.2, 0) is 4.79 Å². The summed E-state index contributed by atoms with van der Waals surface area (Å²) in [4.78, 5) is 24.7. The summed E-state index contributed by atoms with van der Waals surface area (Å²) in [6, 6.07) is 8.36. The first-order chi connectivity index (χ1) is 19.9. The Hall–Kier alpha value is -4.74. The second-order valence-electron chi connectivity index (χ2n) is 10.0. The minimum atomic E-state index is -2.87. The van der Waals surface area contributed by atoms with E-state index in [9.17, 15) is 18.0 Å². The molecule has 0 aliphatic carbocycles. The molecule has 3 heterocycles. The number of alkyl halides is 2. The maximum Gasteiger partial charge on any atom is 0.280 e. The van der Waals surface area contributed by atoms with Crippen molar-refractivity contribution >= 4 is 40.8 Å². The third-order valence-electron chi connectivity index (χ3n) is 6.71. The third-order valence-corrected chi connectivity index (χ3v) is 6.71. The molecule has 42 heavy (non-hydrogen) atoms. The van der Waals surface area contributed by atoms with Crippen molar-refractivity contribution in [1.82, 2.24) is 9.97 Å². The van der Waals surface area contributed by atoms with E-state index in [2.05, 4.69) is 46.4 Å². The van der Waals surface area contributed by atoms with Gasteiger partial charge in [0.25, 0.3) is 12.3 Å². The van der Waals surface area contributed by atoms with Crippen LogP contribution in [0.1, 0.15) is 75.8 Å². The number of primary amides is 1. The SMILES string of the molecule is CC(=N/C(C(N)=O)=C1/Nc2ccc(N)c(C=N)c2C1C)c1ccc(C(F)F)nc1Nc1ncccc1F.CCC(C)C. The van der Waals surface area contributed by atoms with E-state index in [0.29, 0.717) is 28.2 Å². The molecule has 0 spiro atoms. The summed E-state index contributed by atoms with van der Waals surface area (Å²) >= 11 is 0. The second-order valence-corrected chi connectivity index (χ2v) is 10.0. The minimum absolute atomic E-state index is 0.108. The standard InChI is InChI=1S/C25H23F3N8O.C5H12/c1-11-19-14(10-29)16(30)6-8-17(19)34-20(11)21(23(31)37)33-12(2)13-5-7-18(22(27)28)35-24(13)36-25-15(26)4-3-9-32-25;1-4-5(2)3/h3-11,22,29,34H,30H2,1-2H3,(H2,31,37)(H,32,35,36);5H,4H2,1-3H3/b21-20+,29-10?,33-12?;. The molecule has 1 aliphatic heterocycles. The van der Waals surface area contributed by atoms with E-state index < -0.39 is 29.8 Å². The average Bonchev–Trinajstić information content (AvgIpc) is 3.28. The van der Waals surface area contributed by atoms with Gasteiger partial charge in [-0.25, -0.2) is 28.1 Å². The molecule has 1 aromatic carbocycles. The highest BCUT2D eigenvalue weighted by Crippen LogP contribution is 2.43. The first-order valence-corrected chi connectivity index (χ1v) is 13.4. The lowest BCUT2D eigenvalue weighted by Gasteiger charge is -2.14. The average molecular weight is 581 g/mol. The van der Waals surface area contributed by atoms with Gasteiger partial charge in [0.15, 0.2) is 11.6 Å². The van der Waals surface area contributed by atoms with Crippen molar-refractivity contribution in [1.29, 1.82) is 5.41 Å². The lowest BCUT2D eigenvalue weighted by molar-refractivity contribution is -0.114. The molecule has 4 rings (SSSR count). The number of carbonyl (C=O) groups excluding carboxylic acids is 1. The number of amides is 1. The Morgan fingerprint density at radius 3 is 2.48 bits per heavy atom. The van der Waals surface area contributed by atoms with Crippen molar-refractivity contribution in [3.63, 3.8) is 0 Å². The van der Waals surface area contributed by atoms with Gasteiger partial charge in [0.2, 0.25) is 0 Å². The summed E-state index contributed by atoms with van der Waals surface area (Å²) in [7, 11) is 0. The quantitative estimate of drug-likeness (QED) is 0.114. The van der Waals surface area contributed by atoms with Crippen LogP contribution in [0.5, 0.6) is 0 Å². The number of allylic oxidation sites excluding steroid dienone is 1. The maximum absolute atomic E-state index is 14.2. The van der Waals surface area contributed by atoms with Gasteiger partial charge in [0.1, 0.15) is 17.2 Å². The summed E-state index contributed by atoms with van der Waals surface area (Å²) in [5, 5.41) is 13.5. The number of pyridine rings is 2. The van der Waals surface area contributed by atoms with Crippen molar-refractivity contribution in [3.05, 3.63) is 82.2 Å². The summed E-state index contributed by atoms with van der Waals surface area (Å²) in [5.74, 6) is -1.42. The molecular weight excluding hydrogens is 545 g/mol. The molecule has 1 atom stereocenters. The monoisotopic (exact) mass is 580 g/mol. The largest absolute Gasteiger partial charge is 0.398 e. The fourth-order valence-corrected chi connectivity index (χ4v) is 4.10. The first-order valence-electron chi connectivity index (χ1n) is 13.4. The van der Waals surface area contributed by atoms with Crippen LogP contribution < -0.4 is 22.1 Å². The normalized spacial score (nSPS) is 15.5. The fourth-order valence-electron chi connectivity index (χ4n) is 4.10. The number of halogens is 3. The number of nitrogens with two attached hydrogens (primary N) is 2. The zero-order chi connectivity index (χ0) is 31.1. The summed E-state index contributed by atoms with van der Waals surface area (Å²) in [6.07, 6.45) is 0.901. The number of nitrogen functional groups attached to an aromatic ring is 1. The van der Waals surface area contributed by atoms with Gasteiger partial charge in [-0.2, -0.15) is 0 Å². The molecular formula is C30H35F3N8O. The van der Waals surface area contributed by atoms with Gasteiger partial charge >= 0.3 is 0 Å². The Morgan fingerprint density at radius 1 is 1.21 bits per heavy atom. The summed E-state index contributed by atoms with van der Waals surface area (Å²) in [5.41, 5.74) is 14.1. The molecule has 12 heteroatoms. The second kappa shape index (κ2) is 13.7. The van der Waals surface area contributed by atoms with Gasteiger partial charge in [0, 0.05) is 46.5 Å². The number of fused-ring (bicyclic) bond motifs is 1. The van der Waals surface area contributed by atoms with Crippen LogP contribution in [0.2, 0.25) is 0 Å². The molecule has 0 bridgehead atoms. The van der Waals surface area contributed by atoms with Crippen LogP contribution in [-0.4, -0.2) is 27.8 Å². The molecule has 0 saturated heterocycles. The topological polar surface area (TPSA) is 155 Å². The lowest BCUT2D eigenvalue weighted by atomic mass is 9.94. The van der Waals surface area contributed by atoms with Crippen LogP contribution in [0.4, 0.5) is 36.2 Å². The number of anilines is 4. The van der Waals surface area contributed by atoms with E-state index in [4.69, 9.17) is 16.9 Å². The predicted molar refractivity (Wildman–Crippen MR) is 161 cm³/mol. The van der Waals surface area contributed by atoms with E-state index >= 15 is 0 Å². The smallest absolute Gasteiger partial charge is 0.280 e. The lowest BCUT2D eigenvalue weighted by Crippen LogP contribution is -2.19. The van der Waals surface area contributed by atoms with E-state index in [1.54, 1.807) is 12.1 Å². The van der Waals surface area contributed by atoms with Gasteiger partial charge < -0.3 is 27.5 Å². The van der Waals surface area contributed by atoms with Gasteiger partial charge in [-0.3, -0.25) is 4.79 Å². The molecule has 222 valence electrons. The van der Waals surface area contributed by atoms with Crippen molar-refractivity contribution in [2.75, 3.05) is 16.4 Å². The third kappa shape index (κ3) is 7.12. The Bertz CT molecular complexity index is 1530. The Labute approximate surface area is 242 Å². The van der Waals surface area contributed by atoms with Crippen LogP contribution >= 0.6 is 0 Å². The van der Waals surface area contributed by atoms with E-state index in [1.807, 2.05) is 6.92 Å². The fraction of sp³-hybridized carbons (Fsp3) is 0.300. The number of aliphatic imine (C=N–C) groups is 1. The highest BCUT2D eigenvalue weighted by molar-refractivity contribution is 6.07. The molecule has 1 unspecified atom stereocenters. The zero-order valence-corrected chi connectivity index (χ0v) is 24.1. The number of nitrogens with one attached hydrogen (secondary N) is 3. The molecule has 3 aromatic rings. The Kier molecular flexibility index (Phi) is 10.4. The Balaban J connectivity index is 0.000000892. The van der Waals surface area contributed by atoms with Crippen molar-refractivity contribution in [2.24, 2.45) is 16.6 Å². The number of hydrogen-bond acceptors (Lipinski definition) is 8. The molecule has 0 fully saturated rings. The molecule has 1 amide bonds. The summed E-state index contributed by atoms with van der Waals surface area (Å²) in [6.45, 7) is 9.99. The molecule has 0 saturated carbocycles. The number of aromatic nitrogens is 2. The number of benzene rings is 1. The van der Waals surface area contributed by atoms with E-state index in [0.717, 1.165) is 24.3 Å². The number of carbonyl (C=O) groups is 1. The zero-order valence-electron chi connectivity index (χ0n) is 24.1. The predicted octanol–water partition coefficient (Wildman–Crippen LogP) is 6.66. The van der Waals surface area contributed by atoms with Crippen LogP contribution in [0.25, 0.3) is 0 Å².